The number of hydrogen-bond donors (Lipinski definition) is 2. The van der Waals surface area contributed by atoms with Crippen molar-refractivity contribution in [1.82, 2.24) is 0 Å². The van der Waals surface area contributed by atoms with E-state index in [1.807, 2.05) is 13.0 Å². The van der Waals surface area contributed by atoms with E-state index in [9.17, 15) is 21.6 Å². The smallest absolute Gasteiger partial charge is 0.261 e. The molecule has 35 heavy (non-hydrogen) atoms. The summed E-state index contributed by atoms with van der Waals surface area (Å²) in [4.78, 5) is 13.0. The SMILES string of the molecule is Cc1ccc(C)c(N([C@@H](C)C(=O)Nc2ccc(S(=O)(=O)Nc3ccc(Cl)cc3)cc2)S(C)(=O)=O)c1. The lowest BCUT2D eigenvalue weighted by Crippen LogP contribution is -2.45. The van der Waals surface area contributed by atoms with E-state index in [1.165, 1.54) is 31.2 Å². The predicted octanol–water partition coefficient (Wildman–Crippen LogP) is 4.55. The molecule has 0 saturated heterocycles. The van der Waals surface area contributed by atoms with E-state index in [-0.39, 0.29) is 4.90 Å². The van der Waals surface area contributed by atoms with Crippen molar-refractivity contribution in [2.24, 2.45) is 0 Å². The van der Waals surface area contributed by atoms with Crippen LogP contribution in [0.15, 0.2) is 71.6 Å². The number of hydrogen-bond acceptors (Lipinski definition) is 5. The lowest BCUT2D eigenvalue weighted by atomic mass is 10.1. The van der Waals surface area contributed by atoms with Gasteiger partial charge in [-0.15, -0.1) is 0 Å². The Morgan fingerprint density at radius 2 is 1.46 bits per heavy atom. The van der Waals surface area contributed by atoms with Crippen LogP contribution in [-0.4, -0.2) is 35.0 Å². The average Bonchev–Trinajstić information content (AvgIpc) is 2.77. The van der Waals surface area contributed by atoms with Crippen molar-refractivity contribution in [3.63, 3.8) is 0 Å². The van der Waals surface area contributed by atoms with Crippen LogP contribution < -0.4 is 14.3 Å². The summed E-state index contributed by atoms with van der Waals surface area (Å²) in [5, 5.41) is 3.14. The fourth-order valence-corrected chi connectivity index (χ4v) is 5.84. The third-order valence-electron chi connectivity index (χ3n) is 5.22. The fraction of sp³-hybridized carbons (Fsp3) is 0.208. The summed E-state index contributed by atoms with van der Waals surface area (Å²) < 4.78 is 54.0. The number of anilines is 3. The van der Waals surface area contributed by atoms with Crippen molar-refractivity contribution in [3.05, 3.63) is 82.9 Å². The number of rotatable bonds is 8. The second kappa shape index (κ2) is 10.3. The quantitative estimate of drug-likeness (QED) is 0.439. The zero-order chi connectivity index (χ0) is 26.0. The van der Waals surface area contributed by atoms with Crippen molar-refractivity contribution < 1.29 is 21.6 Å². The van der Waals surface area contributed by atoms with Gasteiger partial charge in [0.15, 0.2) is 0 Å². The van der Waals surface area contributed by atoms with Gasteiger partial charge in [0.2, 0.25) is 15.9 Å². The third-order valence-corrected chi connectivity index (χ3v) is 8.10. The van der Waals surface area contributed by atoms with Gasteiger partial charge in [0, 0.05) is 16.4 Å². The first kappa shape index (κ1) is 26.5. The highest BCUT2D eigenvalue weighted by Gasteiger charge is 2.30. The predicted molar refractivity (Wildman–Crippen MR) is 140 cm³/mol. The summed E-state index contributed by atoms with van der Waals surface area (Å²) in [5.74, 6) is -0.564. The van der Waals surface area contributed by atoms with E-state index < -0.39 is 32.0 Å². The minimum Gasteiger partial charge on any atom is -0.324 e. The Hall–Kier alpha value is -3.08. The molecule has 0 aromatic heterocycles. The minimum absolute atomic E-state index is 0.00774. The van der Waals surface area contributed by atoms with Crippen LogP contribution in [0.2, 0.25) is 5.02 Å². The molecule has 186 valence electrons. The summed E-state index contributed by atoms with van der Waals surface area (Å²) >= 11 is 5.83. The summed E-state index contributed by atoms with van der Waals surface area (Å²) in [5.41, 5.74) is 2.67. The molecule has 0 unspecified atom stereocenters. The van der Waals surface area contributed by atoms with Gasteiger partial charge in [0.1, 0.15) is 6.04 Å². The molecule has 1 amide bonds. The Morgan fingerprint density at radius 1 is 0.886 bits per heavy atom. The van der Waals surface area contributed by atoms with Crippen LogP contribution >= 0.6 is 11.6 Å². The molecule has 3 aromatic rings. The minimum atomic E-state index is -3.86. The molecule has 0 spiro atoms. The van der Waals surface area contributed by atoms with Crippen LogP contribution in [0.25, 0.3) is 0 Å². The molecular weight excluding hydrogens is 510 g/mol. The molecule has 0 aliphatic carbocycles. The molecule has 2 N–H and O–H groups in total. The van der Waals surface area contributed by atoms with Gasteiger partial charge >= 0.3 is 0 Å². The zero-order valence-corrected chi connectivity index (χ0v) is 22.0. The van der Waals surface area contributed by atoms with Crippen LogP contribution in [0, 0.1) is 13.8 Å². The van der Waals surface area contributed by atoms with Crippen molar-refractivity contribution in [1.29, 1.82) is 0 Å². The first-order chi connectivity index (χ1) is 16.3. The Balaban J connectivity index is 1.79. The molecule has 0 heterocycles. The topological polar surface area (TPSA) is 113 Å². The summed E-state index contributed by atoms with van der Waals surface area (Å²) in [6.45, 7) is 5.10. The first-order valence-electron chi connectivity index (χ1n) is 10.5. The number of carbonyl (C=O) groups is 1. The van der Waals surface area contributed by atoms with Crippen LogP contribution in [0.4, 0.5) is 17.1 Å². The van der Waals surface area contributed by atoms with Crippen LogP contribution in [0.5, 0.6) is 0 Å². The highest BCUT2D eigenvalue weighted by Crippen LogP contribution is 2.27. The Bertz CT molecular complexity index is 1440. The normalized spacial score (nSPS) is 12.6. The Kier molecular flexibility index (Phi) is 7.78. The molecule has 1 atom stereocenters. The number of aryl methyl sites for hydroxylation is 2. The van der Waals surface area contributed by atoms with E-state index in [2.05, 4.69) is 10.0 Å². The van der Waals surface area contributed by atoms with Gasteiger partial charge in [0.25, 0.3) is 10.0 Å². The zero-order valence-electron chi connectivity index (χ0n) is 19.6. The standard InChI is InChI=1S/C24H26ClN3O5S2/c1-16-5-6-17(2)23(15-16)28(34(4,30)31)18(3)24(29)26-20-11-13-22(14-12-20)35(32,33)27-21-9-7-19(25)8-10-21/h5-15,18,27H,1-4H3,(H,26,29)/t18-/m0/s1. The first-order valence-corrected chi connectivity index (χ1v) is 14.2. The molecule has 0 bridgehead atoms. The molecule has 0 aliphatic rings. The van der Waals surface area contributed by atoms with Gasteiger partial charge in [0.05, 0.1) is 16.8 Å². The van der Waals surface area contributed by atoms with Crippen molar-refractivity contribution in [2.45, 2.75) is 31.7 Å². The van der Waals surface area contributed by atoms with E-state index in [1.54, 1.807) is 43.3 Å². The second-order valence-corrected chi connectivity index (χ2v) is 12.1. The maximum atomic E-state index is 13.0. The molecule has 11 heteroatoms. The van der Waals surface area contributed by atoms with Crippen LogP contribution in [-0.2, 0) is 24.8 Å². The molecule has 0 radical (unpaired) electrons. The van der Waals surface area contributed by atoms with Gasteiger partial charge in [-0.25, -0.2) is 16.8 Å². The van der Waals surface area contributed by atoms with Gasteiger partial charge in [-0.05, 0) is 86.5 Å². The van der Waals surface area contributed by atoms with E-state index in [0.717, 1.165) is 16.1 Å². The fourth-order valence-electron chi connectivity index (χ4n) is 3.43. The van der Waals surface area contributed by atoms with Gasteiger partial charge < -0.3 is 5.32 Å². The number of nitrogens with one attached hydrogen (secondary N) is 2. The summed E-state index contributed by atoms with van der Waals surface area (Å²) in [6.07, 6.45) is 1.05. The largest absolute Gasteiger partial charge is 0.324 e. The monoisotopic (exact) mass is 535 g/mol. The number of carbonyl (C=O) groups excluding carboxylic acids is 1. The van der Waals surface area contributed by atoms with Gasteiger partial charge in [-0.1, -0.05) is 23.7 Å². The molecule has 8 nitrogen and oxygen atoms in total. The lowest BCUT2D eigenvalue weighted by molar-refractivity contribution is -0.116. The molecule has 0 fully saturated rings. The van der Waals surface area contributed by atoms with Crippen LogP contribution in [0.3, 0.4) is 0 Å². The van der Waals surface area contributed by atoms with Gasteiger partial charge in [-0.3, -0.25) is 13.8 Å². The molecule has 3 rings (SSSR count). The van der Waals surface area contributed by atoms with E-state index in [4.69, 9.17) is 11.6 Å². The maximum absolute atomic E-state index is 13.0. The number of benzene rings is 3. The number of nitrogens with zero attached hydrogens (tertiary/aromatic N) is 1. The molecule has 0 saturated carbocycles. The van der Waals surface area contributed by atoms with Gasteiger partial charge in [-0.2, -0.15) is 0 Å². The number of sulfonamides is 2. The molecule has 3 aromatic carbocycles. The van der Waals surface area contributed by atoms with E-state index in [0.29, 0.717) is 27.6 Å². The number of halogens is 1. The van der Waals surface area contributed by atoms with Crippen LogP contribution in [0.1, 0.15) is 18.1 Å². The second-order valence-electron chi connectivity index (χ2n) is 8.15. The average molecular weight is 536 g/mol. The summed E-state index contributed by atoms with van der Waals surface area (Å²) in [6, 6.07) is 16.1. The molecule has 0 aliphatic heterocycles. The lowest BCUT2D eigenvalue weighted by Gasteiger charge is -2.29. The van der Waals surface area contributed by atoms with Crippen molar-refractivity contribution in [2.75, 3.05) is 20.6 Å². The highest BCUT2D eigenvalue weighted by molar-refractivity contribution is 7.92. The highest BCUT2D eigenvalue weighted by atomic mass is 35.5. The van der Waals surface area contributed by atoms with E-state index >= 15 is 0 Å². The number of amides is 1. The summed E-state index contributed by atoms with van der Waals surface area (Å²) in [7, 11) is -7.63. The third kappa shape index (κ3) is 6.53. The Morgan fingerprint density at radius 3 is 2.03 bits per heavy atom. The van der Waals surface area contributed by atoms with Crippen molar-refractivity contribution in [3.8, 4) is 0 Å². The molecular formula is C24H26ClN3O5S2. The van der Waals surface area contributed by atoms with Crippen molar-refractivity contribution >= 4 is 54.6 Å². The maximum Gasteiger partial charge on any atom is 0.261 e. The Labute approximate surface area is 211 Å².